The van der Waals surface area contributed by atoms with Crippen molar-refractivity contribution in [3.8, 4) is 0 Å². The van der Waals surface area contributed by atoms with Crippen LogP contribution in [0.25, 0.3) is 0 Å². The second kappa shape index (κ2) is 4.97. The zero-order chi connectivity index (χ0) is 10.7. The predicted octanol–water partition coefficient (Wildman–Crippen LogP) is 3.47. The molecule has 2 rings (SSSR count). The average molecular weight is 269 g/mol. The number of piperidine rings is 1. The molecule has 0 bridgehead atoms. The summed E-state index contributed by atoms with van der Waals surface area (Å²) in [6, 6.07) is 2.10. The zero-order valence-electron chi connectivity index (χ0n) is 9.12. The molecule has 1 saturated heterocycles. The molecule has 0 aromatic carbocycles. The summed E-state index contributed by atoms with van der Waals surface area (Å²) >= 11 is 3.57. The molecular formula is C12H17BrN2. The van der Waals surface area contributed by atoms with E-state index in [-0.39, 0.29) is 0 Å². The average Bonchev–Trinajstić information content (AvgIpc) is 2.30. The van der Waals surface area contributed by atoms with Crippen molar-refractivity contribution in [2.75, 3.05) is 18.0 Å². The van der Waals surface area contributed by atoms with Gasteiger partial charge in [0.25, 0.3) is 0 Å². The van der Waals surface area contributed by atoms with E-state index in [0.29, 0.717) is 0 Å². The van der Waals surface area contributed by atoms with Crippen LogP contribution in [0.4, 0.5) is 5.69 Å². The van der Waals surface area contributed by atoms with Gasteiger partial charge in [0, 0.05) is 25.5 Å². The number of hydrogen-bond acceptors (Lipinski definition) is 2. The molecule has 1 atom stereocenters. The van der Waals surface area contributed by atoms with Crippen LogP contribution in [0.3, 0.4) is 0 Å². The molecule has 0 aliphatic carbocycles. The van der Waals surface area contributed by atoms with Gasteiger partial charge in [-0.15, -0.1) is 0 Å². The van der Waals surface area contributed by atoms with Gasteiger partial charge in [0.15, 0.2) is 0 Å². The number of halogens is 1. The van der Waals surface area contributed by atoms with Gasteiger partial charge in [-0.1, -0.05) is 13.3 Å². The minimum Gasteiger partial charge on any atom is -0.370 e. The van der Waals surface area contributed by atoms with Crippen LogP contribution < -0.4 is 4.90 Å². The van der Waals surface area contributed by atoms with Crippen molar-refractivity contribution in [1.29, 1.82) is 0 Å². The fourth-order valence-electron chi connectivity index (χ4n) is 2.24. The molecule has 1 unspecified atom stereocenters. The normalized spacial score (nSPS) is 21.7. The zero-order valence-corrected chi connectivity index (χ0v) is 10.7. The Labute approximate surface area is 99.8 Å². The molecule has 1 aliphatic rings. The molecule has 1 aromatic rings. The van der Waals surface area contributed by atoms with Crippen molar-refractivity contribution in [3.05, 3.63) is 22.9 Å². The molecular weight excluding hydrogens is 252 g/mol. The van der Waals surface area contributed by atoms with Gasteiger partial charge in [-0.3, -0.25) is 4.98 Å². The number of nitrogens with zero attached hydrogens (tertiary/aromatic N) is 2. The Morgan fingerprint density at radius 2 is 2.47 bits per heavy atom. The van der Waals surface area contributed by atoms with Crippen LogP contribution in [0.15, 0.2) is 22.9 Å². The monoisotopic (exact) mass is 268 g/mol. The third-order valence-corrected chi connectivity index (χ3v) is 3.80. The number of anilines is 1. The molecule has 0 spiro atoms. The van der Waals surface area contributed by atoms with E-state index in [0.717, 1.165) is 10.4 Å². The maximum atomic E-state index is 4.11. The van der Waals surface area contributed by atoms with Gasteiger partial charge in [0.05, 0.1) is 10.2 Å². The van der Waals surface area contributed by atoms with E-state index in [1.54, 1.807) is 0 Å². The van der Waals surface area contributed by atoms with Crippen molar-refractivity contribution in [1.82, 2.24) is 4.98 Å². The summed E-state index contributed by atoms with van der Waals surface area (Å²) in [4.78, 5) is 6.58. The van der Waals surface area contributed by atoms with Gasteiger partial charge in [0.2, 0.25) is 0 Å². The van der Waals surface area contributed by atoms with Crippen LogP contribution in [-0.2, 0) is 0 Å². The lowest BCUT2D eigenvalue weighted by molar-refractivity contribution is 0.404. The van der Waals surface area contributed by atoms with E-state index in [1.807, 2.05) is 12.4 Å². The summed E-state index contributed by atoms with van der Waals surface area (Å²) in [5.74, 6) is 0.860. The highest BCUT2D eigenvalue weighted by Crippen LogP contribution is 2.29. The Kier molecular flexibility index (Phi) is 3.62. The highest BCUT2D eigenvalue weighted by Gasteiger charge is 2.19. The van der Waals surface area contributed by atoms with E-state index in [9.17, 15) is 0 Å². The summed E-state index contributed by atoms with van der Waals surface area (Å²) < 4.78 is 1.11. The lowest BCUT2D eigenvalue weighted by Gasteiger charge is -2.34. The molecule has 0 amide bonds. The number of rotatable bonds is 2. The first kappa shape index (κ1) is 10.9. The Morgan fingerprint density at radius 3 is 3.20 bits per heavy atom. The van der Waals surface area contributed by atoms with Gasteiger partial charge in [-0.25, -0.2) is 0 Å². The highest BCUT2D eigenvalue weighted by atomic mass is 79.9. The molecule has 82 valence electrons. The maximum Gasteiger partial charge on any atom is 0.0592 e. The van der Waals surface area contributed by atoms with E-state index >= 15 is 0 Å². The van der Waals surface area contributed by atoms with Gasteiger partial charge in [-0.05, 0) is 40.8 Å². The van der Waals surface area contributed by atoms with Crippen molar-refractivity contribution in [2.24, 2.45) is 5.92 Å². The minimum absolute atomic E-state index is 0.860. The van der Waals surface area contributed by atoms with Crippen molar-refractivity contribution >= 4 is 21.6 Å². The third-order valence-electron chi connectivity index (χ3n) is 3.19. The Balaban J connectivity index is 2.13. The van der Waals surface area contributed by atoms with Crippen LogP contribution in [0.5, 0.6) is 0 Å². The van der Waals surface area contributed by atoms with E-state index in [2.05, 4.69) is 38.8 Å². The van der Waals surface area contributed by atoms with Crippen molar-refractivity contribution in [3.63, 3.8) is 0 Å². The van der Waals surface area contributed by atoms with Gasteiger partial charge in [-0.2, -0.15) is 0 Å². The molecule has 0 N–H and O–H groups in total. The van der Waals surface area contributed by atoms with Crippen LogP contribution in [0, 0.1) is 5.92 Å². The second-order valence-corrected chi connectivity index (χ2v) is 5.04. The van der Waals surface area contributed by atoms with Crippen LogP contribution >= 0.6 is 15.9 Å². The fraction of sp³-hybridized carbons (Fsp3) is 0.583. The SMILES string of the molecule is CCC1CCCN(c2ccncc2Br)C1. The second-order valence-electron chi connectivity index (χ2n) is 4.19. The highest BCUT2D eigenvalue weighted by molar-refractivity contribution is 9.10. The Morgan fingerprint density at radius 1 is 1.60 bits per heavy atom. The quantitative estimate of drug-likeness (QED) is 0.817. The molecule has 3 heteroatoms. The van der Waals surface area contributed by atoms with Crippen LogP contribution in [0.2, 0.25) is 0 Å². The van der Waals surface area contributed by atoms with E-state index in [1.165, 1.54) is 38.0 Å². The van der Waals surface area contributed by atoms with Crippen molar-refractivity contribution < 1.29 is 0 Å². The molecule has 2 heterocycles. The fourth-order valence-corrected chi connectivity index (χ4v) is 2.74. The van der Waals surface area contributed by atoms with Gasteiger partial charge >= 0.3 is 0 Å². The summed E-state index contributed by atoms with van der Waals surface area (Å²) in [6.45, 7) is 4.66. The molecule has 2 nitrogen and oxygen atoms in total. The maximum absolute atomic E-state index is 4.11. The lowest BCUT2D eigenvalue weighted by atomic mass is 9.95. The largest absolute Gasteiger partial charge is 0.370 e. The standard InChI is InChI=1S/C12H17BrN2/c1-2-10-4-3-7-15(9-10)12-5-6-14-8-11(12)13/h5-6,8,10H,2-4,7,9H2,1H3. The van der Waals surface area contributed by atoms with Gasteiger partial charge in [0.1, 0.15) is 0 Å². The first-order valence-electron chi connectivity index (χ1n) is 5.65. The molecule has 1 fully saturated rings. The Bertz CT molecular complexity index is 327. The first-order valence-corrected chi connectivity index (χ1v) is 6.45. The third kappa shape index (κ3) is 2.51. The topological polar surface area (TPSA) is 16.1 Å². The Hall–Kier alpha value is -0.570. The molecule has 1 aliphatic heterocycles. The van der Waals surface area contributed by atoms with E-state index in [4.69, 9.17) is 0 Å². The minimum atomic E-state index is 0.860. The number of aromatic nitrogens is 1. The summed E-state index contributed by atoms with van der Waals surface area (Å²) in [5, 5.41) is 0. The van der Waals surface area contributed by atoms with Crippen LogP contribution in [0.1, 0.15) is 26.2 Å². The molecule has 0 radical (unpaired) electrons. The summed E-state index contributed by atoms with van der Waals surface area (Å²) in [6.07, 6.45) is 7.74. The summed E-state index contributed by atoms with van der Waals surface area (Å²) in [7, 11) is 0. The predicted molar refractivity (Wildman–Crippen MR) is 67.2 cm³/mol. The smallest absolute Gasteiger partial charge is 0.0592 e. The van der Waals surface area contributed by atoms with Crippen LogP contribution in [-0.4, -0.2) is 18.1 Å². The molecule has 1 aromatic heterocycles. The van der Waals surface area contributed by atoms with Gasteiger partial charge < -0.3 is 4.90 Å². The van der Waals surface area contributed by atoms with Crippen molar-refractivity contribution in [2.45, 2.75) is 26.2 Å². The molecule has 0 saturated carbocycles. The lowest BCUT2D eigenvalue weighted by Crippen LogP contribution is -2.35. The number of pyridine rings is 1. The van der Waals surface area contributed by atoms with E-state index < -0.39 is 0 Å². The summed E-state index contributed by atoms with van der Waals surface area (Å²) in [5.41, 5.74) is 1.29. The number of hydrogen-bond donors (Lipinski definition) is 0. The first-order chi connectivity index (χ1) is 7.31. The molecule has 15 heavy (non-hydrogen) atoms.